The third kappa shape index (κ3) is 69.8. The van der Waals surface area contributed by atoms with Crippen molar-refractivity contribution in [2.24, 2.45) is 0 Å². The molecule has 0 saturated carbocycles. The molecule has 0 fully saturated rings. The first-order valence-electron chi connectivity index (χ1n) is 35.6. The second kappa shape index (κ2) is 66.1. The number of hydrogen-bond acceptors (Lipinski definition) is 7. The van der Waals surface area contributed by atoms with Crippen LogP contribution in [-0.2, 0) is 32.7 Å². The normalized spacial score (nSPS) is 13.8. The van der Waals surface area contributed by atoms with E-state index < -0.39 is 26.5 Å². The van der Waals surface area contributed by atoms with Crippen molar-refractivity contribution in [1.82, 2.24) is 0 Å². The molecule has 0 aliphatic heterocycles. The Morgan fingerprint density at radius 3 is 0.988 bits per heavy atom. The molecular weight excluding hydrogens is 1090 g/mol. The highest BCUT2D eigenvalue weighted by Gasteiger charge is 2.27. The molecule has 0 aliphatic carbocycles. The highest BCUT2D eigenvalue weighted by atomic mass is 31.2. The molecule has 0 aromatic carbocycles. The maximum atomic E-state index is 12.9. The Bertz CT molecular complexity index is 1820. The molecule has 0 aliphatic rings. The van der Waals surface area contributed by atoms with Gasteiger partial charge in [0.25, 0.3) is 0 Å². The highest BCUT2D eigenvalue weighted by Crippen LogP contribution is 2.43. The van der Waals surface area contributed by atoms with Crippen LogP contribution in [0.1, 0.15) is 309 Å². The zero-order chi connectivity index (χ0) is 62.6. The number of carbonyl (C=O) groups is 2. The van der Waals surface area contributed by atoms with E-state index >= 15 is 0 Å². The third-order valence-corrected chi connectivity index (χ3v) is 16.3. The lowest BCUT2D eigenvalue weighted by Gasteiger charge is -2.24. The number of unbranched alkanes of at least 4 members (excludes halogenated alkanes) is 33. The fraction of sp³-hybridized carbons (Fsp3) is 0.737. The van der Waals surface area contributed by atoms with Crippen LogP contribution in [0.5, 0.6) is 0 Å². The summed E-state index contributed by atoms with van der Waals surface area (Å²) < 4.78 is 34.7. The Kier molecular flexibility index (Phi) is 63.5. The maximum absolute atomic E-state index is 12.9. The van der Waals surface area contributed by atoms with Crippen molar-refractivity contribution in [2.75, 3.05) is 47.5 Å². The molecule has 86 heavy (non-hydrogen) atoms. The fourth-order valence-electron chi connectivity index (χ4n) is 9.85. The van der Waals surface area contributed by atoms with Crippen molar-refractivity contribution < 1.29 is 42.1 Å². The Balaban J connectivity index is 4.06. The standard InChI is InChI=1S/C76H134NO8P/c1-6-8-10-12-14-16-18-20-22-24-26-28-30-32-34-36-37-38-39-41-42-44-46-48-50-52-54-56-58-60-62-64-66-68-75(78)82-72-74(73-84-86(80,81)83-71-70-77(3,4)5)85-76(79)69-67-65-63-61-59-57-55-53-51-49-47-45-43-40-35-33-31-29-27-25-23-21-19-17-15-13-11-9-7-2/h9,11,15,17-18,20-21,23-24,26-27,29,33,35,43,45,49,51,74H,6-8,10,12-14,16,19,22,25,28,30-32,34,36-42,44,46-48,50,52-73H2,1-5H3/p+1/b11-9-,17-15-,20-18-,23-21-,26-24-,29-27-,35-33-,45-43-,51-49-. The molecule has 10 heteroatoms. The van der Waals surface area contributed by atoms with E-state index in [2.05, 4.69) is 123 Å². The zero-order valence-corrected chi connectivity index (χ0v) is 57.4. The number of rotatable bonds is 65. The summed E-state index contributed by atoms with van der Waals surface area (Å²) in [5, 5.41) is 0. The van der Waals surface area contributed by atoms with Gasteiger partial charge in [0.1, 0.15) is 19.8 Å². The molecule has 0 radical (unpaired) electrons. The van der Waals surface area contributed by atoms with Crippen LogP contribution in [0.4, 0.5) is 0 Å². The first-order chi connectivity index (χ1) is 42.0. The lowest BCUT2D eigenvalue weighted by Crippen LogP contribution is -2.37. The van der Waals surface area contributed by atoms with Gasteiger partial charge in [0, 0.05) is 12.8 Å². The summed E-state index contributed by atoms with van der Waals surface area (Å²) in [5.74, 6) is -0.805. The quantitative estimate of drug-likeness (QED) is 0.0211. The second-order valence-electron chi connectivity index (χ2n) is 24.9. The molecule has 2 unspecified atom stereocenters. The first kappa shape index (κ1) is 82.7. The molecule has 496 valence electrons. The number of hydrogen-bond donors (Lipinski definition) is 1. The van der Waals surface area contributed by atoms with Gasteiger partial charge < -0.3 is 18.9 Å². The van der Waals surface area contributed by atoms with Gasteiger partial charge in [-0.3, -0.25) is 18.6 Å². The van der Waals surface area contributed by atoms with Crippen LogP contribution < -0.4 is 0 Å². The Labute approximate surface area is 531 Å². The molecule has 1 N–H and O–H groups in total. The molecule has 0 heterocycles. The Morgan fingerprint density at radius 2 is 0.663 bits per heavy atom. The van der Waals surface area contributed by atoms with Crippen molar-refractivity contribution in [3.8, 4) is 0 Å². The van der Waals surface area contributed by atoms with Gasteiger partial charge >= 0.3 is 19.8 Å². The summed E-state index contributed by atoms with van der Waals surface area (Å²) in [6.45, 7) is 4.32. The van der Waals surface area contributed by atoms with Gasteiger partial charge in [-0.05, 0) is 103 Å². The lowest BCUT2D eigenvalue weighted by atomic mass is 10.0. The topological polar surface area (TPSA) is 108 Å². The van der Waals surface area contributed by atoms with Crippen molar-refractivity contribution in [2.45, 2.75) is 315 Å². The predicted octanol–water partition coefficient (Wildman–Crippen LogP) is 23.3. The fourth-order valence-corrected chi connectivity index (χ4v) is 10.6. The minimum atomic E-state index is -4.40. The van der Waals surface area contributed by atoms with E-state index in [0.29, 0.717) is 17.4 Å². The van der Waals surface area contributed by atoms with E-state index in [0.717, 1.165) is 96.3 Å². The molecule has 0 spiro atoms. The van der Waals surface area contributed by atoms with E-state index in [-0.39, 0.29) is 32.0 Å². The van der Waals surface area contributed by atoms with Gasteiger partial charge in [0.15, 0.2) is 6.10 Å². The number of carbonyl (C=O) groups excluding carboxylic acids is 2. The number of allylic oxidation sites excluding steroid dienone is 18. The maximum Gasteiger partial charge on any atom is 0.472 e. The van der Waals surface area contributed by atoms with Gasteiger partial charge in [0.2, 0.25) is 0 Å². The number of ether oxygens (including phenoxy) is 2. The minimum absolute atomic E-state index is 0.0254. The number of esters is 2. The summed E-state index contributed by atoms with van der Waals surface area (Å²) in [7, 11) is 1.47. The minimum Gasteiger partial charge on any atom is -0.462 e. The molecule has 0 bridgehead atoms. The van der Waals surface area contributed by atoms with Crippen LogP contribution in [0.15, 0.2) is 109 Å². The molecule has 0 amide bonds. The van der Waals surface area contributed by atoms with Gasteiger partial charge in [0.05, 0.1) is 27.7 Å². The van der Waals surface area contributed by atoms with Crippen LogP contribution in [-0.4, -0.2) is 74.9 Å². The van der Waals surface area contributed by atoms with E-state index in [1.807, 2.05) is 21.1 Å². The van der Waals surface area contributed by atoms with Gasteiger partial charge in [-0.25, -0.2) is 4.57 Å². The molecule has 2 atom stereocenters. The van der Waals surface area contributed by atoms with Gasteiger partial charge in [-0.1, -0.05) is 303 Å². The van der Waals surface area contributed by atoms with Crippen LogP contribution >= 0.6 is 7.82 Å². The van der Waals surface area contributed by atoms with Crippen molar-refractivity contribution in [3.63, 3.8) is 0 Å². The van der Waals surface area contributed by atoms with E-state index in [1.165, 1.54) is 180 Å². The Morgan fingerprint density at radius 1 is 0.372 bits per heavy atom. The molecule has 0 saturated heterocycles. The molecule has 0 aromatic rings. The first-order valence-corrected chi connectivity index (χ1v) is 37.1. The van der Waals surface area contributed by atoms with Crippen LogP contribution in [0, 0.1) is 0 Å². The lowest BCUT2D eigenvalue weighted by molar-refractivity contribution is -0.870. The zero-order valence-electron chi connectivity index (χ0n) is 56.5. The van der Waals surface area contributed by atoms with E-state index in [4.69, 9.17) is 18.5 Å². The average molecular weight is 1220 g/mol. The summed E-state index contributed by atoms with van der Waals surface area (Å²) in [5.41, 5.74) is 0. The Hall–Kier alpha value is -3.33. The van der Waals surface area contributed by atoms with Crippen molar-refractivity contribution in [3.05, 3.63) is 109 Å². The number of nitrogens with zero attached hydrogens (tertiary/aromatic N) is 1. The third-order valence-electron chi connectivity index (χ3n) is 15.3. The number of phosphoric acid groups is 1. The van der Waals surface area contributed by atoms with Crippen LogP contribution in [0.25, 0.3) is 0 Å². The van der Waals surface area contributed by atoms with Crippen molar-refractivity contribution >= 4 is 19.8 Å². The summed E-state index contributed by atoms with van der Waals surface area (Å²) in [4.78, 5) is 35.9. The largest absolute Gasteiger partial charge is 0.472 e. The number of quaternary nitrogens is 1. The van der Waals surface area contributed by atoms with Gasteiger partial charge in [-0.2, -0.15) is 0 Å². The number of likely N-dealkylation sites (N-methyl/N-ethyl adjacent to an activating group) is 1. The monoisotopic (exact) mass is 1220 g/mol. The predicted molar refractivity (Wildman–Crippen MR) is 371 cm³/mol. The average Bonchev–Trinajstić information content (AvgIpc) is 3.67. The summed E-state index contributed by atoms with van der Waals surface area (Å²) in [6, 6.07) is 0. The molecule has 9 nitrogen and oxygen atoms in total. The second-order valence-corrected chi connectivity index (χ2v) is 26.3. The SMILES string of the molecule is CC/C=C\C/C=C\C/C=C\C/C=C\C/C=C\C/C=C\C/C=C\CCCCCCCCCC(=O)OC(COC(=O)CCCCCCCCCCCCCCCCCCCCCCC/C=C\C/C=C\CCCCCCC)COP(=O)(O)OCC[N+](C)(C)C. The van der Waals surface area contributed by atoms with Crippen LogP contribution in [0.3, 0.4) is 0 Å². The summed E-state index contributed by atoms with van der Waals surface area (Å²) in [6.07, 6.45) is 93.4. The van der Waals surface area contributed by atoms with Gasteiger partial charge in [-0.15, -0.1) is 0 Å². The summed E-state index contributed by atoms with van der Waals surface area (Å²) >= 11 is 0. The highest BCUT2D eigenvalue weighted by molar-refractivity contribution is 7.47. The number of phosphoric ester groups is 1. The molecule has 0 rings (SSSR count). The molecule has 0 aromatic heterocycles. The van der Waals surface area contributed by atoms with E-state index in [9.17, 15) is 19.0 Å². The van der Waals surface area contributed by atoms with Crippen LogP contribution in [0.2, 0.25) is 0 Å². The smallest absolute Gasteiger partial charge is 0.462 e. The van der Waals surface area contributed by atoms with E-state index in [1.54, 1.807) is 0 Å². The molecular formula is C76H135NO8P+. The van der Waals surface area contributed by atoms with Crippen molar-refractivity contribution in [1.29, 1.82) is 0 Å².